The lowest BCUT2D eigenvalue weighted by Gasteiger charge is -2.12. The maximum absolute atomic E-state index is 11.3. The average molecular weight is 322 g/mol. The molecule has 2 N–H and O–H groups in total. The van der Waals surface area contributed by atoms with Crippen molar-refractivity contribution in [3.8, 4) is 23.0 Å². The van der Waals surface area contributed by atoms with Crippen LogP contribution in [0.3, 0.4) is 0 Å². The van der Waals surface area contributed by atoms with Crippen LogP contribution in [0.1, 0.15) is 18.8 Å². The van der Waals surface area contributed by atoms with Gasteiger partial charge in [-0.15, -0.1) is 0 Å². The lowest BCUT2D eigenvalue weighted by molar-refractivity contribution is 0.573. The Labute approximate surface area is 136 Å². The van der Waals surface area contributed by atoms with E-state index in [2.05, 4.69) is 25.1 Å². The van der Waals surface area contributed by atoms with Gasteiger partial charge in [0.1, 0.15) is 12.0 Å². The van der Waals surface area contributed by atoms with E-state index in [0.29, 0.717) is 23.2 Å². The van der Waals surface area contributed by atoms with Crippen molar-refractivity contribution in [2.24, 2.45) is 0 Å². The molecule has 1 aromatic carbocycles. The monoisotopic (exact) mass is 322 g/mol. The zero-order valence-corrected chi connectivity index (χ0v) is 12.8. The quantitative estimate of drug-likeness (QED) is 0.599. The molecule has 0 bridgehead atoms. The molecule has 0 saturated heterocycles. The Balaban J connectivity index is 1.70. The Morgan fingerprint density at radius 1 is 1.25 bits per heavy atom. The lowest BCUT2D eigenvalue weighted by Crippen LogP contribution is -2.10. The van der Waals surface area contributed by atoms with E-state index >= 15 is 0 Å². The van der Waals surface area contributed by atoms with Gasteiger partial charge >= 0.3 is 5.69 Å². The van der Waals surface area contributed by atoms with Crippen LogP contribution in [0, 0.1) is 0 Å². The fourth-order valence-corrected chi connectivity index (χ4v) is 2.53. The predicted octanol–water partition coefficient (Wildman–Crippen LogP) is 2.23. The fourth-order valence-electron chi connectivity index (χ4n) is 2.53. The van der Waals surface area contributed by atoms with Crippen molar-refractivity contribution in [3.05, 3.63) is 65.3 Å². The third-order valence-electron chi connectivity index (χ3n) is 3.76. The number of hydrogen-bond donors (Lipinski definition) is 2. The van der Waals surface area contributed by atoms with Gasteiger partial charge in [0.2, 0.25) is 5.89 Å². The maximum atomic E-state index is 11.3. The largest absolute Gasteiger partial charge is 0.444 e. The number of H-pyrrole nitrogens is 2. The molecule has 0 unspecified atom stereocenters. The Kier molecular flexibility index (Phi) is 3.34. The van der Waals surface area contributed by atoms with Gasteiger partial charge in [-0.25, -0.2) is 19.9 Å². The summed E-state index contributed by atoms with van der Waals surface area (Å²) in [5.74, 6) is 1.68. The second-order valence-corrected chi connectivity index (χ2v) is 5.30. The summed E-state index contributed by atoms with van der Waals surface area (Å²) in [6.45, 7) is 1.91. The molecule has 3 aromatic heterocycles. The molecule has 0 radical (unpaired) electrons. The molecule has 0 fully saturated rings. The van der Waals surface area contributed by atoms with Gasteiger partial charge in [0, 0.05) is 18.0 Å². The minimum Gasteiger partial charge on any atom is -0.444 e. The first kappa shape index (κ1) is 14.2. The van der Waals surface area contributed by atoms with E-state index < -0.39 is 0 Å². The SMILES string of the molecule is C[C@@H](c1n[nH]c(=O)[nH]1)n1ccnc1-c1coc(-c2ccccc2)n1. The summed E-state index contributed by atoms with van der Waals surface area (Å²) >= 11 is 0. The number of hydrogen-bond acceptors (Lipinski definition) is 5. The number of imidazole rings is 1. The van der Waals surface area contributed by atoms with Crippen LogP contribution in [0.15, 0.2) is 58.2 Å². The molecule has 0 saturated carbocycles. The Hall–Kier alpha value is -3.42. The van der Waals surface area contributed by atoms with Crippen LogP contribution in [0.25, 0.3) is 23.0 Å². The van der Waals surface area contributed by atoms with Crippen LogP contribution in [-0.2, 0) is 0 Å². The van der Waals surface area contributed by atoms with Gasteiger partial charge in [0.25, 0.3) is 0 Å². The summed E-state index contributed by atoms with van der Waals surface area (Å²) < 4.78 is 7.45. The number of benzene rings is 1. The molecule has 120 valence electrons. The van der Waals surface area contributed by atoms with Crippen LogP contribution in [0.2, 0.25) is 0 Å². The zero-order valence-electron chi connectivity index (χ0n) is 12.8. The van der Waals surface area contributed by atoms with Crippen molar-refractivity contribution in [3.63, 3.8) is 0 Å². The van der Waals surface area contributed by atoms with Gasteiger partial charge in [0.05, 0.1) is 6.04 Å². The highest BCUT2D eigenvalue weighted by Gasteiger charge is 2.19. The van der Waals surface area contributed by atoms with E-state index in [0.717, 1.165) is 5.56 Å². The molecule has 8 nitrogen and oxygen atoms in total. The van der Waals surface area contributed by atoms with Crippen molar-refractivity contribution >= 4 is 0 Å². The zero-order chi connectivity index (χ0) is 16.5. The van der Waals surface area contributed by atoms with Gasteiger partial charge in [-0.2, -0.15) is 5.10 Å². The van der Waals surface area contributed by atoms with E-state index in [1.54, 1.807) is 12.5 Å². The molecule has 4 aromatic rings. The van der Waals surface area contributed by atoms with E-state index in [4.69, 9.17) is 4.42 Å². The van der Waals surface area contributed by atoms with Crippen molar-refractivity contribution < 1.29 is 4.42 Å². The van der Waals surface area contributed by atoms with E-state index in [1.807, 2.05) is 48.0 Å². The highest BCUT2D eigenvalue weighted by atomic mass is 16.3. The molecule has 8 heteroatoms. The Morgan fingerprint density at radius 2 is 2.08 bits per heavy atom. The Morgan fingerprint density at radius 3 is 2.83 bits per heavy atom. The van der Waals surface area contributed by atoms with Gasteiger partial charge in [-0.1, -0.05) is 18.2 Å². The van der Waals surface area contributed by atoms with Crippen molar-refractivity contribution in [2.75, 3.05) is 0 Å². The van der Waals surface area contributed by atoms with Crippen molar-refractivity contribution in [1.82, 2.24) is 29.7 Å². The molecule has 1 atom stereocenters. The fraction of sp³-hybridized carbons (Fsp3) is 0.125. The van der Waals surface area contributed by atoms with Crippen LogP contribution in [0.5, 0.6) is 0 Å². The summed E-state index contributed by atoms with van der Waals surface area (Å²) in [6, 6.07) is 9.44. The molecule has 0 spiro atoms. The maximum Gasteiger partial charge on any atom is 0.340 e. The van der Waals surface area contributed by atoms with Gasteiger partial charge in [-0.3, -0.25) is 4.98 Å². The second-order valence-electron chi connectivity index (χ2n) is 5.30. The Bertz CT molecular complexity index is 1010. The summed E-state index contributed by atoms with van der Waals surface area (Å²) in [7, 11) is 0. The summed E-state index contributed by atoms with van der Waals surface area (Å²) in [6.07, 6.45) is 5.05. The minimum absolute atomic E-state index is 0.210. The molecular formula is C16H14N6O2. The van der Waals surface area contributed by atoms with Crippen LogP contribution >= 0.6 is 0 Å². The number of oxazole rings is 1. The van der Waals surface area contributed by atoms with Crippen molar-refractivity contribution in [1.29, 1.82) is 0 Å². The molecule has 0 aliphatic heterocycles. The number of aromatic nitrogens is 6. The molecular weight excluding hydrogens is 308 g/mol. The molecule has 0 amide bonds. The number of aromatic amines is 2. The van der Waals surface area contributed by atoms with E-state index in [-0.39, 0.29) is 11.7 Å². The lowest BCUT2D eigenvalue weighted by atomic mass is 10.2. The summed E-state index contributed by atoms with van der Waals surface area (Å²) in [5, 5.41) is 6.34. The number of nitrogens with zero attached hydrogens (tertiary/aromatic N) is 4. The normalized spacial score (nSPS) is 12.4. The molecule has 4 rings (SSSR count). The number of nitrogens with one attached hydrogen (secondary N) is 2. The van der Waals surface area contributed by atoms with Gasteiger partial charge < -0.3 is 8.98 Å². The third-order valence-corrected chi connectivity index (χ3v) is 3.76. The van der Waals surface area contributed by atoms with E-state index in [1.165, 1.54) is 0 Å². The standard InChI is InChI=1S/C16H14N6O2/c1-10(13-19-16(23)21-20-13)22-8-7-17-14(22)12-9-24-15(18-12)11-5-3-2-4-6-11/h2-10H,1H3,(H2,19,20,21,23)/t10-/m0/s1. The predicted molar refractivity (Wildman–Crippen MR) is 86.2 cm³/mol. The van der Waals surface area contributed by atoms with Crippen LogP contribution in [-0.4, -0.2) is 29.7 Å². The average Bonchev–Trinajstić information content (AvgIpc) is 3.34. The smallest absolute Gasteiger partial charge is 0.340 e. The third kappa shape index (κ3) is 2.43. The summed E-state index contributed by atoms with van der Waals surface area (Å²) in [4.78, 5) is 22.8. The minimum atomic E-state index is -0.341. The molecule has 0 aliphatic rings. The first-order valence-electron chi connectivity index (χ1n) is 7.41. The highest BCUT2D eigenvalue weighted by molar-refractivity contribution is 5.58. The van der Waals surface area contributed by atoms with Crippen LogP contribution in [0.4, 0.5) is 0 Å². The van der Waals surface area contributed by atoms with Gasteiger partial charge in [0.15, 0.2) is 11.6 Å². The topological polar surface area (TPSA) is 105 Å². The highest BCUT2D eigenvalue weighted by Crippen LogP contribution is 2.26. The molecule has 3 heterocycles. The van der Waals surface area contributed by atoms with Crippen LogP contribution < -0.4 is 5.69 Å². The van der Waals surface area contributed by atoms with E-state index in [9.17, 15) is 4.79 Å². The number of rotatable bonds is 4. The first-order valence-corrected chi connectivity index (χ1v) is 7.41. The molecule has 24 heavy (non-hydrogen) atoms. The summed E-state index contributed by atoms with van der Waals surface area (Å²) in [5.41, 5.74) is 1.17. The van der Waals surface area contributed by atoms with Gasteiger partial charge in [-0.05, 0) is 19.1 Å². The van der Waals surface area contributed by atoms with Crippen molar-refractivity contribution in [2.45, 2.75) is 13.0 Å². The second kappa shape index (κ2) is 5.65. The first-order chi connectivity index (χ1) is 11.7. The molecule has 0 aliphatic carbocycles.